The van der Waals surface area contributed by atoms with Gasteiger partial charge in [0.2, 0.25) is 17.7 Å². The minimum absolute atomic E-state index is 0.128. The van der Waals surface area contributed by atoms with Crippen molar-refractivity contribution in [2.75, 3.05) is 18.6 Å². The van der Waals surface area contributed by atoms with E-state index in [9.17, 15) is 24.0 Å². The number of rotatable bonds is 13. The largest absolute Gasteiger partial charge is 0.481 e. The molecule has 0 fully saturated rings. The van der Waals surface area contributed by atoms with Gasteiger partial charge in [0, 0.05) is 0 Å². The van der Waals surface area contributed by atoms with Gasteiger partial charge in [-0.25, -0.2) is 4.79 Å². The lowest BCUT2D eigenvalue weighted by Crippen LogP contribution is -2.54. The second-order valence-corrected chi connectivity index (χ2v) is 7.37. The van der Waals surface area contributed by atoms with Crippen LogP contribution in [0.2, 0.25) is 0 Å². The topological polar surface area (TPSA) is 188 Å². The van der Waals surface area contributed by atoms with E-state index in [0.29, 0.717) is 12.2 Å². The van der Waals surface area contributed by atoms with Crippen molar-refractivity contribution < 1.29 is 34.2 Å². The van der Waals surface area contributed by atoms with Gasteiger partial charge in [0.25, 0.3) is 0 Å². The van der Waals surface area contributed by atoms with E-state index in [1.165, 1.54) is 11.8 Å². The third-order valence-corrected chi connectivity index (χ3v) is 4.34. The van der Waals surface area contributed by atoms with E-state index in [1.807, 2.05) is 11.6 Å². The number of amides is 3. The Labute approximate surface area is 167 Å². The van der Waals surface area contributed by atoms with Crippen LogP contribution in [-0.4, -0.2) is 76.6 Å². The molecule has 160 valence electrons. The first-order chi connectivity index (χ1) is 13.0. The second kappa shape index (κ2) is 12.9. The van der Waals surface area contributed by atoms with Crippen LogP contribution in [0.25, 0.3) is 0 Å². The van der Waals surface area contributed by atoms with Gasteiger partial charge in [-0.1, -0.05) is 13.8 Å². The van der Waals surface area contributed by atoms with Crippen molar-refractivity contribution in [3.63, 3.8) is 0 Å². The zero-order valence-electron chi connectivity index (χ0n) is 16.1. The van der Waals surface area contributed by atoms with E-state index in [1.54, 1.807) is 13.8 Å². The third kappa shape index (κ3) is 10.1. The van der Waals surface area contributed by atoms with Gasteiger partial charge >= 0.3 is 11.9 Å². The van der Waals surface area contributed by atoms with E-state index in [0.717, 1.165) is 0 Å². The van der Waals surface area contributed by atoms with Crippen LogP contribution < -0.4 is 21.7 Å². The predicted molar refractivity (Wildman–Crippen MR) is 103 cm³/mol. The number of carbonyl (C=O) groups excluding carboxylic acids is 3. The smallest absolute Gasteiger partial charge is 0.326 e. The average Bonchev–Trinajstić information content (AvgIpc) is 2.60. The molecule has 0 aliphatic carbocycles. The third-order valence-electron chi connectivity index (χ3n) is 3.70. The van der Waals surface area contributed by atoms with E-state index in [-0.39, 0.29) is 5.92 Å². The Hall–Kier alpha value is -2.34. The highest BCUT2D eigenvalue weighted by molar-refractivity contribution is 7.98. The molecule has 0 aromatic heterocycles. The van der Waals surface area contributed by atoms with Crippen molar-refractivity contribution in [3.8, 4) is 0 Å². The molecular weight excluding hydrogens is 392 g/mol. The molecule has 11 nitrogen and oxygen atoms in total. The van der Waals surface area contributed by atoms with Crippen molar-refractivity contribution in [2.45, 2.75) is 44.8 Å². The first-order valence-electron chi connectivity index (χ1n) is 8.56. The van der Waals surface area contributed by atoms with Crippen molar-refractivity contribution in [1.82, 2.24) is 16.0 Å². The molecule has 0 aromatic carbocycles. The highest BCUT2D eigenvalue weighted by Crippen LogP contribution is 2.04. The predicted octanol–water partition coefficient (Wildman–Crippen LogP) is -1.63. The van der Waals surface area contributed by atoms with Gasteiger partial charge in [-0.2, -0.15) is 11.8 Å². The fraction of sp³-hybridized carbons (Fsp3) is 0.688. The Morgan fingerprint density at radius 3 is 2.07 bits per heavy atom. The molecule has 0 radical (unpaired) electrons. The standard InChI is InChI=1S/C16H28N4O7S/c1-8(2)13(17)15(25)20-9(4-5-28-3)14(24)18-7-11(21)19-10(16(26)27)6-12(22)23/h8-10,13H,4-7,17H2,1-3H3,(H,18,24)(H,19,21)(H,20,25)(H,22,23)(H,26,27). The van der Waals surface area contributed by atoms with Gasteiger partial charge in [-0.3, -0.25) is 19.2 Å². The quantitative estimate of drug-likeness (QED) is 0.203. The van der Waals surface area contributed by atoms with E-state index in [2.05, 4.69) is 10.6 Å². The molecule has 0 spiro atoms. The Morgan fingerprint density at radius 1 is 1.00 bits per heavy atom. The summed E-state index contributed by atoms with van der Waals surface area (Å²) >= 11 is 1.47. The fourth-order valence-corrected chi connectivity index (χ4v) is 2.46. The zero-order valence-corrected chi connectivity index (χ0v) is 16.9. The normalized spacial score (nSPS) is 13.9. The Balaban J connectivity index is 4.80. The number of thioether (sulfide) groups is 1. The van der Waals surface area contributed by atoms with Crippen molar-refractivity contribution in [3.05, 3.63) is 0 Å². The molecule has 0 saturated heterocycles. The number of nitrogens with one attached hydrogen (secondary N) is 3. The summed E-state index contributed by atoms with van der Waals surface area (Å²) in [5, 5.41) is 24.4. The molecule has 0 aliphatic rings. The summed E-state index contributed by atoms with van der Waals surface area (Å²) in [5.41, 5.74) is 5.77. The maximum absolute atomic E-state index is 12.3. The first kappa shape index (κ1) is 25.7. The molecule has 0 saturated carbocycles. The van der Waals surface area contributed by atoms with E-state index >= 15 is 0 Å². The molecule has 0 aromatic rings. The first-order valence-corrected chi connectivity index (χ1v) is 9.95. The number of aliphatic carboxylic acids is 2. The van der Waals surface area contributed by atoms with Crippen LogP contribution >= 0.6 is 11.8 Å². The molecule has 0 heterocycles. The highest BCUT2D eigenvalue weighted by Gasteiger charge is 2.26. The lowest BCUT2D eigenvalue weighted by molar-refractivity contribution is -0.147. The Bertz CT molecular complexity index is 585. The summed E-state index contributed by atoms with van der Waals surface area (Å²) in [4.78, 5) is 57.8. The Kier molecular flexibility index (Phi) is 11.9. The molecule has 12 heteroatoms. The molecular formula is C16H28N4O7S. The second-order valence-electron chi connectivity index (χ2n) is 6.39. The number of nitrogens with two attached hydrogens (primary N) is 1. The molecule has 3 amide bonds. The van der Waals surface area contributed by atoms with Crippen LogP contribution in [0.1, 0.15) is 26.7 Å². The summed E-state index contributed by atoms with van der Waals surface area (Å²) in [6, 6.07) is -3.31. The minimum atomic E-state index is -1.61. The van der Waals surface area contributed by atoms with Gasteiger partial charge in [-0.05, 0) is 24.3 Å². The number of carboxylic acid groups (broad SMARTS) is 2. The zero-order chi connectivity index (χ0) is 21.9. The summed E-state index contributed by atoms with van der Waals surface area (Å²) in [6.07, 6.45) is 1.34. The van der Waals surface area contributed by atoms with Gasteiger partial charge in [0.15, 0.2) is 0 Å². The average molecular weight is 420 g/mol. The van der Waals surface area contributed by atoms with Gasteiger partial charge in [0.1, 0.15) is 12.1 Å². The number of carboxylic acids is 2. The van der Waals surface area contributed by atoms with Crippen molar-refractivity contribution in [2.24, 2.45) is 11.7 Å². The lowest BCUT2D eigenvalue weighted by atomic mass is 10.0. The molecule has 28 heavy (non-hydrogen) atoms. The SMILES string of the molecule is CSCCC(NC(=O)C(N)C(C)C)C(=O)NCC(=O)NC(CC(=O)O)C(=O)O. The Morgan fingerprint density at radius 2 is 1.61 bits per heavy atom. The number of hydrogen-bond acceptors (Lipinski definition) is 7. The van der Waals surface area contributed by atoms with Crippen LogP contribution in [0.5, 0.6) is 0 Å². The van der Waals surface area contributed by atoms with E-state index < -0.39 is 60.8 Å². The fourth-order valence-electron chi connectivity index (χ4n) is 1.99. The molecule has 7 N–H and O–H groups in total. The van der Waals surface area contributed by atoms with Gasteiger partial charge in [-0.15, -0.1) is 0 Å². The van der Waals surface area contributed by atoms with Crippen LogP contribution in [-0.2, 0) is 24.0 Å². The summed E-state index contributed by atoms with van der Waals surface area (Å²) < 4.78 is 0. The van der Waals surface area contributed by atoms with Crippen molar-refractivity contribution >= 4 is 41.4 Å². The minimum Gasteiger partial charge on any atom is -0.481 e. The van der Waals surface area contributed by atoms with Gasteiger partial charge in [0.05, 0.1) is 19.0 Å². The lowest BCUT2D eigenvalue weighted by Gasteiger charge is -2.22. The molecule has 0 aliphatic heterocycles. The van der Waals surface area contributed by atoms with Crippen LogP contribution in [0.3, 0.4) is 0 Å². The van der Waals surface area contributed by atoms with Crippen LogP contribution in [0, 0.1) is 5.92 Å². The van der Waals surface area contributed by atoms with Gasteiger partial charge < -0.3 is 31.9 Å². The van der Waals surface area contributed by atoms with Crippen LogP contribution in [0.15, 0.2) is 0 Å². The summed E-state index contributed by atoms with van der Waals surface area (Å²) in [6.45, 7) is 2.97. The summed E-state index contributed by atoms with van der Waals surface area (Å²) in [5.74, 6) is -4.44. The maximum Gasteiger partial charge on any atom is 0.326 e. The monoisotopic (exact) mass is 420 g/mol. The number of carbonyl (C=O) groups is 5. The number of hydrogen-bond donors (Lipinski definition) is 6. The highest BCUT2D eigenvalue weighted by atomic mass is 32.2. The molecule has 0 rings (SSSR count). The van der Waals surface area contributed by atoms with Crippen molar-refractivity contribution in [1.29, 1.82) is 0 Å². The van der Waals surface area contributed by atoms with E-state index in [4.69, 9.17) is 15.9 Å². The van der Waals surface area contributed by atoms with Crippen LogP contribution in [0.4, 0.5) is 0 Å². The molecule has 0 bridgehead atoms. The molecule has 3 unspecified atom stereocenters. The summed E-state index contributed by atoms with van der Waals surface area (Å²) in [7, 11) is 0. The molecule has 3 atom stereocenters. The maximum atomic E-state index is 12.3.